The van der Waals surface area contributed by atoms with Crippen LogP contribution >= 0.6 is 0 Å². The third-order valence-corrected chi connectivity index (χ3v) is 5.74. The molecule has 4 rings (SSSR count). The van der Waals surface area contributed by atoms with Crippen LogP contribution in [0.3, 0.4) is 0 Å². The van der Waals surface area contributed by atoms with Crippen LogP contribution in [-0.2, 0) is 12.4 Å². The number of nitrogens with zero attached hydrogens (tertiary/aromatic N) is 2. The van der Waals surface area contributed by atoms with Gasteiger partial charge in [0, 0.05) is 0 Å². The van der Waals surface area contributed by atoms with E-state index in [1.807, 2.05) is 0 Å². The lowest BCUT2D eigenvalue weighted by molar-refractivity contribution is -0.143. The Balaban J connectivity index is 2.00. The molecule has 0 aliphatic carbocycles. The fraction of sp³-hybridized carbons (Fsp3) is 0.185. The number of methoxy groups -OCH3 is 3. The van der Waals surface area contributed by atoms with Gasteiger partial charge in [-0.3, -0.25) is 9.36 Å². The van der Waals surface area contributed by atoms with Crippen LogP contribution in [0.4, 0.5) is 26.3 Å². The molecule has 4 aromatic rings. The van der Waals surface area contributed by atoms with E-state index in [0.29, 0.717) is 39.5 Å². The Morgan fingerprint density at radius 2 is 1.33 bits per heavy atom. The van der Waals surface area contributed by atoms with Crippen molar-refractivity contribution in [1.82, 2.24) is 9.55 Å². The molecule has 0 saturated carbocycles. The highest BCUT2D eigenvalue weighted by Crippen LogP contribution is 2.39. The summed E-state index contributed by atoms with van der Waals surface area (Å²) < 4.78 is 98.0. The number of benzene rings is 3. The zero-order chi connectivity index (χ0) is 28.5. The first-order valence-electron chi connectivity index (χ1n) is 11.2. The second kappa shape index (κ2) is 10.4. The van der Waals surface area contributed by atoms with Gasteiger partial charge in [0.05, 0.1) is 49.0 Å². The van der Waals surface area contributed by atoms with Gasteiger partial charge in [0.25, 0.3) is 5.56 Å². The smallest absolute Gasteiger partial charge is 0.416 e. The minimum atomic E-state index is -5.10. The highest BCUT2D eigenvalue weighted by atomic mass is 19.4. The zero-order valence-corrected chi connectivity index (χ0v) is 20.6. The van der Waals surface area contributed by atoms with Gasteiger partial charge in [0.15, 0.2) is 11.5 Å². The molecule has 0 saturated heterocycles. The minimum Gasteiger partial charge on any atom is -0.493 e. The molecule has 0 unspecified atom stereocenters. The second-order valence-electron chi connectivity index (χ2n) is 8.18. The van der Waals surface area contributed by atoms with Crippen LogP contribution in [0, 0.1) is 0 Å². The van der Waals surface area contributed by atoms with Crippen molar-refractivity contribution in [2.24, 2.45) is 0 Å². The van der Waals surface area contributed by atoms with Crippen molar-refractivity contribution >= 4 is 23.1 Å². The van der Waals surface area contributed by atoms with Crippen molar-refractivity contribution in [2.45, 2.75) is 12.4 Å². The maximum atomic E-state index is 13.6. The van der Waals surface area contributed by atoms with Crippen molar-refractivity contribution in [3.05, 3.63) is 87.5 Å². The summed E-state index contributed by atoms with van der Waals surface area (Å²) in [4.78, 5) is 17.8. The first-order chi connectivity index (χ1) is 18.4. The van der Waals surface area contributed by atoms with E-state index in [9.17, 15) is 31.1 Å². The number of fused-ring (bicyclic) bond motifs is 1. The molecule has 0 aliphatic rings. The fourth-order valence-corrected chi connectivity index (χ4v) is 3.95. The largest absolute Gasteiger partial charge is 0.493 e. The van der Waals surface area contributed by atoms with Gasteiger partial charge < -0.3 is 14.2 Å². The average molecular weight is 550 g/mol. The molecule has 1 heterocycles. The third kappa shape index (κ3) is 5.54. The van der Waals surface area contributed by atoms with E-state index >= 15 is 0 Å². The zero-order valence-electron chi connectivity index (χ0n) is 20.6. The van der Waals surface area contributed by atoms with Crippen LogP contribution in [-0.4, -0.2) is 30.9 Å². The summed E-state index contributed by atoms with van der Waals surface area (Å²) in [6.45, 7) is 0. The van der Waals surface area contributed by atoms with E-state index in [4.69, 9.17) is 14.2 Å². The quantitative estimate of drug-likeness (QED) is 0.253. The molecular weight excluding hydrogens is 530 g/mol. The topological polar surface area (TPSA) is 62.6 Å². The molecule has 3 aromatic carbocycles. The molecule has 0 bridgehead atoms. The monoisotopic (exact) mass is 550 g/mol. The van der Waals surface area contributed by atoms with E-state index in [1.54, 1.807) is 18.2 Å². The van der Waals surface area contributed by atoms with Crippen molar-refractivity contribution < 1.29 is 40.6 Å². The van der Waals surface area contributed by atoms with E-state index in [1.165, 1.54) is 51.7 Å². The summed E-state index contributed by atoms with van der Waals surface area (Å²) in [7, 11) is 4.22. The van der Waals surface area contributed by atoms with Gasteiger partial charge in [-0.15, -0.1) is 0 Å². The summed E-state index contributed by atoms with van der Waals surface area (Å²) in [6.07, 6.45) is -7.45. The first kappa shape index (κ1) is 27.6. The molecule has 0 radical (unpaired) electrons. The Labute approximate surface area is 217 Å². The van der Waals surface area contributed by atoms with Gasteiger partial charge in [-0.25, -0.2) is 4.98 Å². The van der Waals surface area contributed by atoms with Crippen LogP contribution in [0.5, 0.6) is 17.2 Å². The van der Waals surface area contributed by atoms with Crippen molar-refractivity contribution in [3.8, 4) is 22.9 Å². The fourth-order valence-electron chi connectivity index (χ4n) is 3.95. The Hall–Kier alpha value is -4.48. The lowest BCUT2D eigenvalue weighted by atomic mass is 10.1. The van der Waals surface area contributed by atoms with Crippen LogP contribution in [0.25, 0.3) is 28.7 Å². The third-order valence-electron chi connectivity index (χ3n) is 5.74. The Bertz CT molecular complexity index is 1570. The lowest BCUT2D eigenvalue weighted by Crippen LogP contribution is -2.23. The van der Waals surface area contributed by atoms with Gasteiger partial charge in [-0.05, 0) is 54.1 Å². The number of ether oxygens (including phenoxy) is 3. The number of hydrogen-bond acceptors (Lipinski definition) is 5. The molecule has 0 N–H and O–H groups in total. The van der Waals surface area contributed by atoms with Crippen LogP contribution < -0.4 is 19.8 Å². The number of alkyl halides is 6. The number of hydrogen-bond donors (Lipinski definition) is 0. The average Bonchev–Trinajstić information content (AvgIpc) is 2.90. The molecule has 0 fully saturated rings. The van der Waals surface area contributed by atoms with E-state index in [2.05, 4.69) is 4.98 Å². The predicted octanol–water partition coefficient (Wildman–Crippen LogP) is 6.62. The van der Waals surface area contributed by atoms with Gasteiger partial charge in [-0.2, -0.15) is 26.3 Å². The number of rotatable bonds is 6. The summed E-state index contributed by atoms with van der Waals surface area (Å²) in [5, 5.41) is 0.00778. The van der Waals surface area contributed by atoms with Crippen molar-refractivity contribution in [1.29, 1.82) is 0 Å². The molecule has 0 amide bonds. The maximum Gasteiger partial charge on any atom is 0.416 e. The molecular formula is C27H20F6N2O4. The van der Waals surface area contributed by atoms with Crippen LogP contribution in [0.2, 0.25) is 0 Å². The van der Waals surface area contributed by atoms with Crippen LogP contribution in [0.15, 0.2) is 59.4 Å². The minimum absolute atomic E-state index is 0.00552. The van der Waals surface area contributed by atoms with Gasteiger partial charge in [0.2, 0.25) is 5.75 Å². The highest BCUT2D eigenvalue weighted by molar-refractivity contribution is 5.80. The van der Waals surface area contributed by atoms with Crippen LogP contribution in [0.1, 0.15) is 22.5 Å². The Morgan fingerprint density at radius 3 is 1.85 bits per heavy atom. The molecule has 0 spiro atoms. The standard InChI is InChI=1S/C27H20F6N2O4/c1-37-21-10-15(11-22(38-2)24(21)39-3)8-9-23-34-20-7-5-4-6-19(20)25(36)35(23)18-13-16(26(28,29)30)12-17(14-18)27(31,32)33/h4-14H,1-3H3/b9-8+. The normalized spacial score (nSPS) is 12.2. The molecule has 6 nitrogen and oxygen atoms in total. The van der Waals surface area contributed by atoms with E-state index in [-0.39, 0.29) is 22.8 Å². The summed E-state index contributed by atoms with van der Waals surface area (Å²) >= 11 is 0. The van der Waals surface area contributed by atoms with Gasteiger partial charge in [0.1, 0.15) is 5.82 Å². The van der Waals surface area contributed by atoms with Crippen molar-refractivity contribution in [3.63, 3.8) is 0 Å². The molecule has 12 heteroatoms. The molecule has 1 aromatic heterocycles. The highest BCUT2D eigenvalue weighted by Gasteiger charge is 2.37. The molecule has 204 valence electrons. The summed E-state index contributed by atoms with van der Waals surface area (Å²) in [6, 6.07) is 10.1. The van der Waals surface area contributed by atoms with E-state index < -0.39 is 34.7 Å². The Morgan fingerprint density at radius 1 is 0.769 bits per heavy atom. The first-order valence-corrected chi connectivity index (χ1v) is 11.2. The number of aromatic nitrogens is 2. The predicted molar refractivity (Wildman–Crippen MR) is 132 cm³/mol. The van der Waals surface area contributed by atoms with E-state index in [0.717, 1.165) is 0 Å². The molecule has 39 heavy (non-hydrogen) atoms. The van der Waals surface area contributed by atoms with Crippen molar-refractivity contribution in [2.75, 3.05) is 21.3 Å². The number of halogens is 6. The van der Waals surface area contributed by atoms with Gasteiger partial charge >= 0.3 is 12.4 Å². The Kier molecular flexibility index (Phi) is 7.31. The second-order valence-corrected chi connectivity index (χ2v) is 8.18. The molecule has 0 atom stereocenters. The maximum absolute atomic E-state index is 13.6. The summed E-state index contributed by atoms with van der Waals surface area (Å²) in [5.74, 6) is 0.697. The SMILES string of the molecule is COc1cc(/C=C/c2nc3ccccc3c(=O)n2-c2cc(C(F)(F)F)cc(C(F)(F)F)c2)cc(OC)c1OC. The summed E-state index contributed by atoms with van der Waals surface area (Å²) in [5.41, 5.74) is -3.97. The van der Waals surface area contributed by atoms with Gasteiger partial charge in [-0.1, -0.05) is 18.2 Å². The lowest BCUT2D eigenvalue weighted by Gasteiger charge is -2.17. The number of para-hydroxylation sites is 1. The molecule has 0 aliphatic heterocycles.